The van der Waals surface area contributed by atoms with Crippen LogP contribution in [0.5, 0.6) is 0 Å². The minimum atomic E-state index is -0.298. The highest BCUT2D eigenvalue weighted by Crippen LogP contribution is 2.26. The zero-order valence-electron chi connectivity index (χ0n) is 10.5. The van der Waals surface area contributed by atoms with Crippen LogP contribution in [0.25, 0.3) is 22.6 Å². The molecule has 4 heteroatoms. The van der Waals surface area contributed by atoms with Gasteiger partial charge in [0.2, 0.25) is 5.89 Å². The molecule has 0 saturated carbocycles. The monoisotopic (exact) mass is 256 g/mol. The van der Waals surface area contributed by atoms with Crippen molar-refractivity contribution >= 4 is 16.8 Å². The van der Waals surface area contributed by atoms with Gasteiger partial charge in [0.1, 0.15) is 11.3 Å². The molecular formula is C15H13FN2O. The molecule has 0 bridgehead atoms. The van der Waals surface area contributed by atoms with Gasteiger partial charge in [0.25, 0.3) is 0 Å². The molecule has 3 nitrogen and oxygen atoms in total. The quantitative estimate of drug-likeness (QED) is 0.767. The van der Waals surface area contributed by atoms with Crippen molar-refractivity contribution in [3.8, 4) is 11.5 Å². The van der Waals surface area contributed by atoms with E-state index in [2.05, 4.69) is 10.3 Å². The van der Waals surface area contributed by atoms with Crippen molar-refractivity contribution in [2.24, 2.45) is 0 Å². The molecule has 0 radical (unpaired) electrons. The van der Waals surface area contributed by atoms with E-state index in [4.69, 9.17) is 4.42 Å². The Bertz CT molecular complexity index is 721. The lowest BCUT2D eigenvalue weighted by molar-refractivity contribution is 0.611. The standard InChI is InChI=1S/C15H13FN2O/c1-2-17-12-6-7-13-14(9-12)19-15(18-13)10-4-3-5-11(16)8-10/h3-9,17H,2H2,1H3. The van der Waals surface area contributed by atoms with Crippen molar-refractivity contribution < 1.29 is 8.81 Å². The molecule has 0 spiro atoms. The van der Waals surface area contributed by atoms with Gasteiger partial charge in [-0.3, -0.25) is 0 Å². The zero-order chi connectivity index (χ0) is 13.2. The number of halogens is 1. The molecular weight excluding hydrogens is 243 g/mol. The Morgan fingerprint density at radius 2 is 2.11 bits per heavy atom. The van der Waals surface area contributed by atoms with Gasteiger partial charge in [-0.1, -0.05) is 6.07 Å². The van der Waals surface area contributed by atoms with Gasteiger partial charge in [0, 0.05) is 23.9 Å². The van der Waals surface area contributed by atoms with Crippen molar-refractivity contribution in [1.82, 2.24) is 4.98 Å². The molecule has 2 aromatic carbocycles. The van der Waals surface area contributed by atoms with Gasteiger partial charge in [-0.2, -0.15) is 0 Å². The molecule has 0 fully saturated rings. The smallest absolute Gasteiger partial charge is 0.227 e. The first-order valence-electron chi connectivity index (χ1n) is 6.16. The largest absolute Gasteiger partial charge is 0.436 e. The van der Waals surface area contributed by atoms with Gasteiger partial charge in [0.05, 0.1) is 0 Å². The van der Waals surface area contributed by atoms with Crippen LogP contribution in [0.3, 0.4) is 0 Å². The number of aromatic nitrogens is 1. The average molecular weight is 256 g/mol. The molecule has 3 rings (SSSR count). The van der Waals surface area contributed by atoms with Gasteiger partial charge in [-0.25, -0.2) is 9.37 Å². The Hall–Kier alpha value is -2.36. The predicted molar refractivity (Wildman–Crippen MR) is 73.6 cm³/mol. The van der Waals surface area contributed by atoms with E-state index in [1.165, 1.54) is 12.1 Å². The summed E-state index contributed by atoms with van der Waals surface area (Å²) in [5.41, 5.74) is 3.08. The van der Waals surface area contributed by atoms with Crippen LogP contribution in [0.4, 0.5) is 10.1 Å². The fraction of sp³-hybridized carbons (Fsp3) is 0.133. The fourth-order valence-electron chi connectivity index (χ4n) is 1.98. The third-order valence-electron chi connectivity index (χ3n) is 2.84. The minimum Gasteiger partial charge on any atom is -0.436 e. The summed E-state index contributed by atoms with van der Waals surface area (Å²) in [6.45, 7) is 2.87. The second-order valence-electron chi connectivity index (χ2n) is 4.24. The van der Waals surface area contributed by atoms with Gasteiger partial charge in [-0.05, 0) is 37.3 Å². The first-order chi connectivity index (χ1) is 9.26. The molecule has 1 aromatic heterocycles. The van der Waals surface area contributed by atoms with Crippen LogP contribution in [0.1, 0.15) is 6.92 Å². The molecule has 0 amide bonds. The average Bonchev–Trinajstić information content (AvgIpc) is 2.82. The Morgan fingerprint density at radius 3 is 2.89 bits per heavy atom. The number of hydrogen-bond acceptors (Lipinski definition) is 3. The van der Waals surface area contributed by atoms with Gasteiger partial charge < -0.3 is 9.73 Å². The second kappa shape index (κ2) is 4.72. The maximum Gasteiger partial charge on any atom is 0.227 e. The summed E-state index contributed by atoms with van der Waals surface area (Å²) in [6.07, 6.45) is 0. The second-order valence-corrected chi connectivity index (χ2v) is 4.24. The summed E-state index contributed by atoms with van der Waals surface area (Å²) >= 11 is 0. The van der Waals surface area contributed by atoms with Crippen LogP contribution in [0, 0.1) is 5.82 Å². The number of benzene rings is 2. The SMILES string of the molecule is CCNc1ccc2nc(-c3cccc(F)c3)oc2c1. The summed E-state index contributed by atoms with van der Waals surface area (Å²) in [5, 5.41) is 3.21. The highest BCUT2D eigenvalue weighted by molar-refractivity contribution is 5.79. The zero-order valence-corrected chi connectivity index (χ0v) is 10.5. The molecule has 0 unspecified atom stereocenters. The van der Waals surface area contributed by atoms with Crippen molar-refractivity contribution in [2.75, 3.05) is 11.9 Å². The van der Waals surface area contributed by atoms with E-state index in [0.29, 0.717) is 17.0 Å². The number of anilines is 1. The molecule has 1 N–H and O–H groups in total. The van der Waals surface area contributed by atoms with E-state index < -0.39 is 0 Å². The summed E-state index contributed by atoms with van der Waals surface area (Å²) < 4.78 is 18.9. The number of oxazole rings is 1. The molecule has 0 atom stereocenters. The van der Waals surface area contributed by atoms with E-state index in [9.17, 15) is 4.39 Å². The van der Waals surface area contributed by atoms with Crippen LogP contribution < -0.4 is 5.32 Å². The lowest BCUT2D eigenvalue weighted by atomic mass is 10.2. The molecule has 1 heterocycles. The van der Waals surface area contributed by atoms with Gasteiger partial charge >= 0.3 is 0 Å². The highest BCUT2D eigenvalue weighted by Gasteiger charge is 2.09. The summed E-state index contributed by atoms with van der Waals surface area (Å²) in [4.78, 5) is 4.36. The maximum absolute atomic E-state index is 13.2. The Balaban J connectivity index is 2.06. The lowest BCUT2D eigenvalue weighted by Crippen LogP contribution is -1.95. The lowest BCUT2D eigenvalue weighted by Gasteiger charge is -2.00. The van der Waals surface area contributed by atoms with E-state index in [-0.39, 0.29) is 5.82 Å². The summed E-state index contributed by atoms with van der Waals surface area (Å²) in [7, 11) is 0. The normalized spacial score (nSPS) is 10.8. The minimum absolute atomic E-state index is 0.298. The molecule has 0 aliphatic heterocycles. The molecule has 96 valence electrons. The van der Waals surface area contributed by atoms with Crippen molar-refractivity contribution in [3.05, 3.63) is 48.3 Å². The van der Waals surface area contributed by atoms with E-state index in [0.717, 1.165) is 17.7 Å². The first-order valence-corrected chi connectivity index (χ1v) is 6.16. The van der Waals surface area contributed by atoms with Crippen LogP contribution in [-0.4, -0.2) is 11.5 Å². The third kappa shape index (κ3) is 2.29. The van der Waals surface area contributed by atoms with E-state index in [1.54, 1.807) is 12.1 Å². The first kappa shape index (κ1) is 11.7. The molecule has 3 aromatic rings. The third-order valence-corrected chi connectivity index (χ3v) is 2.84. The predicted octanol–water partition coefficient (Wildman–Crippen LogP) is 4.07. The van der Waals surface area contributed by atoms with Crippen LogP contribution in [-0.2, 0) is 0 Å². The van der Waals surface area contributed by atoms with Crippen molar-refractivity contribution in [3.63, 3.8) is 0 Å². The number of nitrogens with zero attached hydrogens (tertiary/aromatic N) is 1. The molecule has 0 aliphatic carbocycles. The maximum atomic E-state index is 13.2. The summed E-state index contributed by atoms with van der Waals surface area (Å²) in [6, 6.07) is 12.0. The molecule has 19 heavy (non-hydrogen) atoms. The summed E-state index contributed by atoms with van der Waals surface area (Å²) in [5.74, 6) is 0.135. The number of rotatable bonds is 3. The van der Waals surface area contributed by atoms with E-state index >= 15 is 0 Å². The van der Waals surface area contributed by atoms with Crippen molar-refractivity contribution in [2.45, 2.75) is 6.92 Å². The van der Waals surface area contributed by atoms with Crippen LogP contribution in [0.2, 0.25) is 0 Å². The number of nitrogens with one attached hydrogen (secondary N) is 1. The number of hydrogen-bond donors (Lipinski definition) is 1. The Kier molecular flexibility index (Phi) is 2.91. The Morgan fingerprint density at radius 1 is 1.21 bits per heavy atom. The molecule has 0 aliphatic rings. The topological polar surface area (TPSA) is 38.1 Å². The van der Waals surface area contributed by atoms with Gasteiger partial charge in [0.15, 0.2) is 5.58 Å². The van der Waals surface area contributed by atoms with Crippen LogP contribution in [0.15, 0.2) is 46.9 Å². The highest BCUT2D eigenvalue weighted by atomic mass is 19.1. The van der Waals surface area contributed by atoms with Crippen LogP contribution >= 0.6 is 0 Å². The molecule has 0 saturated heterocycles. The fourth-order valence-corrected chi connectivity index (χ4v) is 1.98. The van der Waals surface area contributed by atoms with Gasteiger partial charge in [-0.15, -0.1) is 0 Å². The Labute approximate surface area is 110 Å². The van der Waals surface area contributed by atoms with E-state index in [1.807, 2.05) is 25.1 Å². The van der Waals surface area contributed by atoms with Crippen molar-refractivity contribution in [1.29, 1.82) is 0 Å². The number of fused-ring (bicyclic) bond motifs is 1.